The molecule has 0 spiro atoms. The molecule has 5 unspecified atom stereocenters. The number of halogens is 7. The van der Waals surface area contributed by atoms with Gasteiger partial charge in [-0.05, 0) is 160 Å². The topological polar surface area (TPSA) is 218 Å². The van der Waals surface area contributed by atoms with E-state index in [1.165, 1.54) is 0 Å². The summed E-state index contributed by atoms with van der Waals surface area (Å²) in [5.74, 6) is 2.13. The Morgan fingerprint density at radius 3 is 1.35 bits per heavy atom. The summed E-state index contributed by atoms with van der Waals surface area (Å²) in [5, 5.41) is 8.44. The molecule has 2 aliphatic heterocycles. The fraction of sp³-hybridized carbons (Fsp3) is 0.550. The first kappa shape index (κ1) is 95.2. The molecule has 110 heavy (non-hydrogen) atoms. The van der Waals surface area contributed by atoms with Crippen LogP contribution in [-0.4, -0.2) is 149 Å². The zero-order valence-electron chi connectivity index (χ0n) is 66.1. The number of anilines is 2. The van der Waals surface area contributed by atoms with Crippen LogP contribution in [0.1, 0.15) is 196 Å². The number of hydrogen-bond acceptors (Lipinski definition) is 16. The highest BCUT2D eigenvalue weighted by molar-refractivity contribution is 7.91. The van der Waals surface area contributed by atoms with Crippen molar-refractivity contribution in [2.45, 2.75) is 196 Å². The van der Waals surface area contributed by atoms with E-state index >= 15 is 0 Å². The van der Waals surface area contributed by atoms with E-state index < -0.39 is 61.9 Å². The number of hydrogen-bond donors (Lipinski definition) is 1. The Bertz CT molecular complexity index is 4330. The number of esters is 1. The normalized spacial score (nSPS) is 16.9. The third kappa shape index (κ3) is 24.7. The number of sulfonamides is 1. The largest absolute Gasteiger partial charge is 1.00 e. The number of carbonyl (C=O) groups excluding carboxylic acids is 1. The van der Waals surface area contributed by atoms with Gasteiger partial charge in [0.15, 0.2) is 19.7 Å². The van der Waals surface area contributed by atoms with Gasteiger partial charge in [-0.2, -0.15) is 13.2 Å². The number of nitrogens with zero attached hydrogens (tertiary/aromatic N) is 5. The molecule has 4 aromatic rings. The summed E-state index contributed by atoms with van der Waals surface area (Å²) >= 11 is 3.37. The Labute approximate surface area is 659 Å². The predicted octanol–water partition coefficient (Wildman–Crippen LogP) is 14.2. The summed E-state index contributed by atoms with van der Waals surface area (Å²) in [7, 11) is -13.4. The van der Waals surface area contributed by atoms with Crippen LogP contribution in [0.5, 0.6) is 11.5 Å². The van der Waals surface area contributed by atoms with Gasteiger partial charge in [0.2, 0.25) is 14.9 Å². The molecule has 0 saturated heterocycles. The van der Waals surface area contributed by atoms with E-state index in [1.54, 1.807) is 26.0 Å². The van der Waals surface area contributed by atoms with Gasteiger partial charge in [-0.1, -0.05) is 114 Å². The average Bonchev–Trinajstić information content (AvgIpc) is 0.746. The molecule has 19 nitrogen and oxygen atoms in total. The Kier molecular flexibility index (Phi) is 36.4. The molecule has 8 rings (SSSR count). The van der Waals surface area contributed by atoms with Crippen molar-refractivity contribution in [1.29, 1.82) is 0 Å². The minimum absolute atomic E-state index is 0. The second kappa shape index (κ2) is 42.1. The fourth-order valence-electron chi connectivity index (χ4n) is 12.9. The van der Waals surface area contributed by atoms with Gasteiger partial charge in [0, 0.05) is 109 Å². The molecule has 2 heterocycles. The molecular formula is C80H112ClF6N5O14S4+2. The smallest absolute Gasteiger partial charge is 0.566 e. The number of carboxylic acid groups (broad SMARTS) is 1. The number of unbranched alkanes of at least 4 members (excludes halogenated alkanes) is 1. The summed E-state index contributed by atoms with van der Waals surface area (Å²) in [6.45, 7) is 39.7. The monoisotopic (exact) mass is 1640 g/mol. The molecular weight excluding hydrogens is 1530 g/mol. The van der Waals surface area contributed by atoms with Crippen LogP contribution < -0.4 is 31.7 Å². The highest BCUT2D eigenvalue weighted by Gasteiger charge is 2.60. The third-order valence-corrected chi connectivity index (χ3v) is 25.8. The number of alkyl halides is 6. The molecule has 0 radical (unpaired) electrons. The first-order chi connectivity index (χ1) is 51.2. The van der Waals surface area contributed by atoms with Crippen LogP contribution in [0, 0.1) is 28.6 Å². The third-order valence-electron chi connectivity index (χ3n) is 20.4. The molecule has 30 heteroatoms. The number of carbonyl (C=O) groups is 2. The Morgan fingerprint density at radius 2 is 0.991 bits per heavy atom. The molecule has 0 bridgehead atoms. The summed E-state index contributed by atoms with van der Waals surface area (Å²) in [6.07, 6.45) is 14.2. The van der Waals surface area contributed by atoms with Crippen molar-refractivity contribution in [3.05, 3.63) is 155 Å². The molecule has 1 N–H and O–H groups in total. The van der Waals surface area contributed by atoms with Gasteiger partial charge < -0.3 is 41.5 Å². The Morgan fingerprint density at radius 1 is 0.573 bits per heavy atom. The second-order valence-electron chi connectivity index (χ2n) is 27.9. The van der Waals surface area contributed by atoms with Gasteiger partial charge in [0.1, 0.15) is 49.2 Å². The minimum atomic E-state index is -6.20. The van der Waals surface area contributed by atoms with E-state index in [0.29, 0.717) is 35.0 Å². The van der Waals surface area contributed by atoms with E-state index in [9.17, 15) is 61.2 Å². The first-order valence-electron chi connectivity index (χ1n) is 37.6. The van der Waals surface area contributed by atoms with Crippen LogP contribution in [0.2, 0.25) is 0 Å². The van der Waals surface area contributed by atoms with Gasteiger partial charge in [-0.25, -0.2) is 26.0 Å². The lowest BCUT2D eigenvalue weighted by Crippen LogP contribution is -3.00. The standard InChI is InChI=1S/C36H49N2O5S.C36H51N2O3S.C6H12O2.C2F6NO4S2.ClH/c1-8-36(6,7)35(39)42-22-15-23-44(40,41)33-17-14-13-16-30(33)34-28-20-18-26(37(9-2)10-3)24-31(28)43-32-25-27(19-21-29(32)34)38(11-4)12-5;1-7-13-16-27(8-2)23-24-42(39,40)35-18-15-14-17-32(35)36-30-21-19-28(37(9-3)10-4)25-33(30)41-34-26-29(20-22-31(34)36)38(11-5)12-6;1-4-6(2,3)5(7)8;3-1(4,5)12-13-9(14)15(10,11)2(6,7)8;/h13-14,16-21,24-25,28,34H,8-12,15,22-23H2,1-7H3;14-15,17-22,25-27,30,36H,7-13,16,23-24H2,1-6H3;4H2,1-3H3,(H,7,8);;1H/q2*+1;;+1;/p-1. The first-order valence-corrected chi connectivity index (χ1v) is 42.7. The lowest BCUT2D eigenvalue weighted by Gasteiger charge is -2.36. The molecule has 0 aromatic heterocycles. The van der Waals surface area contributed by atoms with Gasteiger partial charge >= 0.3 is 46.3 Å². The van der Waals surface area contributed by atoms with E-state index in [0.717, 1.165) is 146 Å². The van der Waals surface area contributed by atoms with Crippen LogP contribution in [-0.2, 0) is 66.3 Å². The summed E-state index contributed by atoms with van der Waals surface area (Å²) in [6, 6.07) is 27.8. The van der Waals surface area contributed by atoms with E-state index in [2.05, 4.69) is 183 Å². The lowest BCUT2D eigenvalue weighted by molar-refractivity contribution is -0.802. The van der Waals surface area contributed by atoms with Crippen molar-refractivity contribution >= 4 is 76.9 Å². The number of sulfone groups is 2. The van der Waals surface area contributed by atoms with Crippen molar-refractivity contribution in [2.75, 3.05) is 80.3 Å². The summed E-state index contributed by atoms with van der Waals surface area (Å²) in [5.41, 5.74) is 1.03. The van der Waals surface area contributed by atoms with Gasteiger partial charge in [-0.3, -0.25) is 9.59 Å². The molecule has 5 atom stereocenters. The molecule has 4 aliphatic rings. The van der Waals surface area contributed by atoms with Gasteiger partial charge in [-0.15, -0.1) is 21.6 Å². The number of aliphatic carboxylic acids is 1. The van der Waals surface area contributed by atoms with E-state index in [1.807, 2.05) is 64.1 Å². The van der Waals surface area contributed by atoms with Crippen LogP contribution in [0.15, 0.2) is 143 Å². The Hall–Kier alpha value is -7.18. The van der Waals surface area contributed by atoms with E-state index in [-0.39, 0.29) is 66.6 Å². The average molecular weight is 1650 g/mol. The fourth-order valence-corrected chi connectivity index (χ4v) is 16.7. The number of allylic oxidation sites excluding steroid dienone is 6. The number of ether oxygens (including phenoxy) is 3. The number of benzene rings is 4. The molecule has 4 aromatic carbocycles. The van der Waals surface area contributed by atoms with Gasteiger partial charge in [0.25, 0.3) is 0 Å². The summed E-state index contributed by atoms with van der Waals surface area (Å²) < 4.78 is 166. The van der Waals surface area contributed by atoms with Crippen molar-refractivity contribution in [3.63, 3.8) is 0 Å². The number of fused-ring (bicyclic) bond motifs is 4. The van der Waals surface area contributed by atoms with Crippen LogP contribution in [0.25, 0.3) is 0 Å². The van der Waals surface area contributed by atoms with E-state index in [4.69, 9.17) is 19.3 Å². The van der Waals surface area contributed by atoms with Crippen LogP contribution in [0.4, 0.5) is 37.7 Å². The SMILES string of the molecule is CCC(C)(C)C(=O)O.CCCCC(CC)CCS(=O)(=O)c1ccccc1C1c2ccc(N(CC)CC)cc2OC2=CC(=[N+](CC)CC)C=CC21.CCN(CC)c1ccc2c(c1)OC1=CC(=[N+](CC)CC)C=CC1C2c1ccccc1S(=O)(=O)CCCOC(=O)C(C)(C)CC.O=S(=O)([N+](=S)OOC(F)(F)F)C(F)(F)F.[Cl-]. The Balaban J connectivity index is 0.000000359. The van der Waals surface area contributed by atoms with Gasteiger partial charge in [0.05, 0.1) is 38.7 Å². The predicted molar refractivity (Wildman–Crippen MR) is 416 cm³/mol. The maximum Gasteiger partial charge on any atom is 0.566 e. The summed E-state index contributed by atoms with van der Waals surface area (Å²) in [4.78, 5) is 33.1. The number of rotatable bonds is 32. The molecule has 0 fully saturated rings. The highest BCUT2D eigenvalue weighted by atomic mass is 35.5. The minimum Gasteiger partial charge on any atom is -1.00 e. The zero-order chi connectivity index (χ0) is 81.6. The van der Waals surface area contributed by atoms with Crippen molar-refractivity contribution in [3.8, 4) is 11.5 Å². The van der Waals surface area contributed by atoms with Crippen LogP contribution >= 0.6 is 0 Å². The van der Waals surface area contributed by atoms with Crippen molar-refractivity contribution < 1.29 is 115 Å². The maximum atomic E-state index is 14.0. The molecule has 612 valence electrons. The highest BCUT2D eigenvalue weighted by Crippen LogP contribution is 2.52. The second-order valence-corrected chi connectivity index (χ2v) is 34.4. The number of carboxylic acids is 1. The van der Waals surface area contributed by atoms with Crippen LogP contribution in [0.3, 0.4) is 0 Å². The molecule has 0 amide bonds. The van der Waals surface area contributed by atoms with Crippen molar-refractivity contribution in [2.24, 2.45) is 28.6 Å². The lowest BCUT2D eigenvalue weighted by atomic mass is 9.75. The quantitative estimate of drug-likeness (QED) is 0.0120. The van der Waals surface area contributed by atoms with Crippen molar-refractivity contribution in [1.82, 2.24) is 0 Å². The maximum absolute atomic E-state index is 14.0. The zero-order valence-corrected chi connectivity index (χ0v) is 70.2. The molecule has 2 aliphatic carbocycles. The molecule has 0 saturated carbocycles.